The lowest BCUT2D eigenvalue weighted by Gasteiger charge is -2.28. The topological polar surface area (TPSA) is 122 Å². The van der Waals surface area contributed by atoms with E-state index in [0.29, 0.717) is 0 Å². The predicted molar refractivity (Wildman–Crippen MR) is 109 cm³/mol. The highest BCUT2D eigenvalue weighted by molar-refractivity contribution is 9.09. The van der Waals surface area contributed by atoms with Crippen LogP contribution in [0.4, 0.5) is 5.69 Å². The summed E-state index contributed by atoms with van der Waals surface area (Å²) in [5.41, 5.74) is 0.393. The smallest absolute Gasteiger partial charge is 0.269 e. The van der Waals surface area contributed by atoms with Crippen molar-refractivity contribution in [1.29, 1.82) is 0 Å². The molecule has 1 aliphatic heterocycles. The molecular formula is C19H18BrN2O7S-. The lowest BCUT2D eigenvalue weighted by atomic mass is 10.1. The number of sulfonamides is 1. The van der Waals surface area contributed by atoms with Crippen LogP contribution in [0.15, 0.2) is 71.1 Å². The van der Waals surface area contributed by atoms with E-state index in [-0.39, 0.29) is 29.4 Å². The van der Waals surface area contributed by atoms with Gasteiger partial charge in [0.05, 0.1) is 39.0 Å². The average molecular weight is 498 g/mol. The molecule has 9 nitrogen and oxygen atoms in total. The molecule has 0 spiro atoms. The first-order valence-corrected chi connectivity index (χ1v) is 11.1. The fraction of sp³-hybridized carbons (Fsp3) is 0.263. The van der Waals surface area contributed by atoms with Crippen molar-refractivity contribution >= 4 is 31.6 Å². The van der Waals surface area contributed by atoms with Gasteiger partial charge in [0.2, 0.25) is 0 Å². The number of hydrogen-bond donors (Lipinski definition) is 0. The number of methoxy groups -OCH3 is 1. The fourth-order valence-electron chi connectivity index (χ4n) is 3.05. The summed E-state index contributed by atoms with van der Waals surface area (Å²) in [7, 11) is -3.06. The highest BCUT2D eigenvalue weighted by Crippen LogP contribution is 2.35. The van der Waals surface area contributed by atoms with Crippen LogP contribution in [0, 0.1) is 10.1 Å². The van der Waals surface area contributed by atoms with Crippen molar-refractivity contribution in [2.75, 3.05) is 20.3 Å². The van der Waals surface area contributed by atoms with Crippen LogP contribution in [0.25, 0.3) is 0 Å². The number of rotatable bonds is 5. The maximum atomic E-state index is 13.3. The number of benzene rings is 2. The maximum absolute atomic E-state index is 13.3. The number of nitrogens with zero attached hydrogens (tertiary/aromatic N) is 2. The molecule has 0 N–H and O–H groups in total. The Bertz CT molecular complexity index is 1040. The summed E-state index contributed by atoms with van der Waals surface area (Å²) in [5.74, 6) is -0.839. The summed E-state index contributed by atoms with van der Waals surface area (Å²) >= 11 is 3.49. The molecule has 0 unspecified atom stereocenters. The first-order valence-electron chi connectivity index (χ1n) is 8.77. The van der Waals surface area contributed by atoms with Crippen LogP contribution < -0.4 is 5.11 Å². The van der Waals surface area contributed by atoms with E-state index in [1.807, 2.05) is 30.3 Å². The van der Waals surface area contributed by atoms with E-state index in [1.54, 1.807) is 0 Å². The third kappa shape index (κ3) is 4.42. The van der Waals surface area contributed by atoms with Crippen LogP contribution in [0.2, 0.25) is 0 Å². The van der Waals surface area contributed by atoms with Gasteiger partial charge in [0.1, 0.15) is 0 Å². The molecule has 160 valence electrons. The zero-order valence-electron chi connectivity index (χ0n) is 15.8. The Morgan fingerprint density at radius 3 is 2.40 bits per heavy atom. The molecule has 0 aliphatic carbocycles. The summed E-state index contributed by atoms with van der Waals surface area (Å²) < 4.78 is 38.2. The second kappa shape index (κ2) is 9.02. The molecule has 2 aromatic rings. The molecular weight excluding hydrogens is 480 g/mol. The molecule has 2 atom stereocenters. The van der Waals surface area contributed by atoms with E-state index in [9.17, 15) is 23.6 Å². The lowest BCUT2D eigenvalue weighted by molar-refractivity contribution is -0.384. The number of non-ortho nitro benzene ring substituents is 1. The Morgan fingerprint density at radius 1 is 1.20 bits per heavy atom. The van der Waals surface area contributed by atoms with E-state index in [4.69, 9.17) is 9.47 Å². The van der Waals surface area contributed by atoms with E-state index >= 15 is 0 Å². The number of nitro groups is 1. The largest absolute Gasteiger partial charge is 0.615 e. The number of ether oxygens (including phenoxy) is 2. The van der Waals surface area contributed by atoms with Crippen LogP contribution in [-0.2, 0) is 19.5 Å². The molecule has 0 amide bonds. The molecule has 1 heterocycles. The molecule has 30 heavy (non-hydrogen) atoms. The number of alkyl halides is 1. The summed E-state index contributed by atoms with van der Waals surface area (Å²) in [4.78, 5) is 9.57. The lowest BCUT2D eigenvalue weighted by Crippen LogP contribution is -2.37. The van der Waals surface area contributed by atoms with E-state index in [2.05, 4.69) is 15.9 Å². The van der Waals surface area contributed by atoms with Crippen molar-refractivity contribution in [3.63, 3.8) is 0 Å². The van der Waals surface area contributed by atoms with Gasteiger partial charge in [-0.1, -0.05) is 46.3 Å². The first-order chi connectivity index (χ1) is 14.3. The molecule has 0 bridgehead atoms. The van der Waals surface area contributed by atoms with Gasteiger partial charge in [0.15, 0.2) is 0 Å². The normalized spacial score (nSPS) is 21.6. The predicted octanol–water partition coefficient (Wildman–Crippen LogP) is 2.30. The molecule has 3 rings (SSSR count). The SMILES string of the molecule is CO/C([O-])=C1\CO[C@@H](c2ccccc2)[C@H](Br)CN1S(=O)(=O)c1ccc([N+](=O)[O-])cc1. The third-order valence-corrected chi connectivity index (χ3v) is 7.14. The van der Waals surface area contributed by atoms with Gasteiger partial charge in [-0.25, -0.2) is 8.42 Å². The van der Waals surface area contributed by atoms with Crippen molar-refractivity contribution in [2.45, 2.75) is 15.8 Å². The molecule has 0 aromatic heterocycles. The van der Waals surface area contributed by atoms with Gasteiger partial charge < -0.3 is 14.6 Å². The number of halogens is 1. The molecule has 1 aliphatic rings. The molecule has 1 fully saturated rings. The van der Waals surface area contributed by atoms with E-state index in [0.717, 1.165) is 41.2 Å². The van der Waals surface area contributed by atoms with Crippen molar-refractivity contribution in [2.24, 2.45) is 0 Å². The number of hydrogen-bond acceptors (Lipinski definition) is 7. The van der Waals surface area contributed by atoms with Gasteiger partial charge in [-0.2, -0.15) is 0 Å². The average Bonchev–Trinajstić information content (AvgIpc) is 2.93. The van der Waals surface area contributed by atoms with Gasteiger partial charge in [-0.05, 0) is 24.8 Å². The molecule has 1 saturated heterocycles. The monoisotopic (exact) mass is 497 g/mol. The van der Waals surface area contributed by atoms with Crippen molar-refractivity contribution in [1.82, 2.24) is 4.31 Å². The Morgan fingerprint density at radius 2 is 1.83 bits per heavy atom. The molecule has 2 aromatic carbocycles. The second-order valence-corrected chi connectivity index (χ2v) is 9.42. The first kappa shape index (κ1) is 22.1. The van der Waals surface area contributed by atoms with Gasteiger partial charge >= 0.3 is 0 Å². The van der Waals surface area contributed by atoms with Crippen LogP contribution in [0.5, 0.6) is 0 Å². The second-order valence-electron chi connectivity index (χ2n) is 6.38. The van der Waals surface area contributed by atoms with Crippen molar-refractivity contribution in [3.05, 3.63) is 81.9 Å². The summed E-state index contributed by atoms with van der Waals surface area (Å²) in [6, 6.07) is 13.7. The number of nitro benzene ring substituents is 1. The highest BCUT2D eigenvalue weighted by Gasteiger charge is 2.36. The van der Waals surface area contributed by atoms with Gasteiger partial charge in [0.25, 0.3) is 15.7 Å². The van der Waals surface area contributed by atoms with E-state index < -0.39 is 31.8 Å². The van der Waals surface area contributed by atoms with Crippen LogP contribution in [0.3, 0.4) is 0 Å². The van der Waals surface area contributed by atoms with Gasteiger partial charge in [-0.3, -0.25) is 14.4 Å². The quantitative estimate of drug-likeness (QED) is 0.268. The van der Waals surface area contributed by atoms with Crippen LogP contribution >= 0.6 is 15.9 Å². The zero-order valence-corrected chi connectivity index (χ0v) is 18.2. The summed E-state index contributed by atoms with van der Waals surface area (Å²) in [5, 5.41) is 23.2. The van der Waals surface area contributed by atoms with Crippen molar-refractivity contribution < 1.29 is 27.9 Å². The van der Waals surface area contributed by atoms with Crippen LogP contribution in [-0.4, -0.2) is 42.7 Å². The van der Waals surface area contributed by atoms with E-state index in [1.165, 1.54) is 0 Å². The Hall–Kier alpha value is -2.63. The van der Waals surface area contributed by atoms with Gasteiger partial charge in [0, 0.05) is 18.7 Å². The molecule has 0 radical (unpaired) electrons. The third-order valence-electron chi connectivity index (χ3n) is 4.55. The minimum absolute atomic E-state index is 0.108. The Kier molecular flexibility index (Phi) is 6.64. The standard InChI is InChI=1S/C19H19BrN2O7S/c1-28-19(23)17-12-29-18(13-5-3-2-4-6-13)16(20)11-21(17)30(26,27)15-9-7-14(8-10-15)22(24)25/h2-10,16,18,23H,11-12H2,1H3/p-1/b19-17+/t16-,18+/m1/s1. The highest BCUT2D eigenvalue weighted by atomic mass is 79.9. The Balaban J connectivity index is 2.02. The minimum atomic E-state index is -4.21. The van der Waals surface area contributed by atoms with Crippen molar-refractivity contribution in [3.8, 4) is 0 Å². The summed E-state index contributed by atoms with van der Waals surface area (Å²) in [6.07, 6.45) is -0.511. The Labute approximate surface area is 181 Å². The van der Waals surface area contributed by atoms with Crippen LogP contribution in [0.1, 0.15) is 11.7 Å². The fourth-order valence-corrected chi connectivity index (χ4v) is 5.49. The molecule has 0 saturated carbocycles. The maximum Gasteiger partial charge on any atom is 0.269 e. The minimum Gasteiger partial charge on any atom is -0.615 e. The summed E-state index contributed by atoms with van der Waals surface area (Å²) in [6.45, 7) is -0.399. The molecule has 11 heteroatoms. The van der Waals surface area contributed by atoms with Gasteiger partial charge in [-0.15, -0.1) is 0 Å². The zero-order chi connectivity index (χ0) is 21.9.